The van der Waals surface area contributed by atoms with Gasteiger partial charge in [-0.1, -0.05) is 115 Å². The molecule has 0 fully saturated rings. The highest BCUT2D eigenvalue weighted by atomic mass is 28.3. The van der Waals surface area contributed by atoms with Gasteiger partial charge in [-0.25, -0.2) is 0 Å². The Morgan fingerprint density at radius 3 is 1.86 bits per heavy atom. The van der Waals surface area contributed by atoms with Crippen molar-refractivity contribution in [2.24, 2.45) is 0 Å². The maximum absolute atomic E-state index is 3.85. The fraction of sp³-hybridized carbons (Fsp3) is 0. The topological polar surface area (TPSA) is 0 Å². The summed E-state index contributed by atoms with van der Waals surface area (Å²) in [5.41, 5.74) is 7.48. The minimum Gasteiger partial charge on any atom is -0.109 e. The van der Waals surface area contributed by atoms with Gasteiger partial charge in [-0.05, 0) is 38.8 Å². The lowest BCUT2D eigenvalue weighted by molar-refractivity contribution is 1.64. The molecule has 1 atom stereocenters. The zero-order valence-corrected chi connectivity index (χ0v) is 17.0. The molecule has 0 aliphatic carbocycles. The molecule has 0 spiro atoms. The lowest BCUT2D eigenvalue weighted by Gasteiger charge is -2.27. The second kappa shape index (κ2) is 7.43. The van der Waals surface area contributed by atoms with E-state index in [2.05, 4.69) is 127 Å². The molecule has 0 bridgehead atoms. The van der Waals surface area contributed by atoms with Crippen LogP contribution in [0.5, 0.6) is 0 Å². The van der Waals surface area contributed by atoms with Crippen LogP contribution in [-0.4, -0.2) is 8.07 Å². The van der Waals surface area contributed by atoms with Crippen molar-refractivity contribution >= 4 is 29.7 Å². The van der Waals surface area contributed by atoms with Crippen LogP contribution in [0.25, 0.3) is 11.3 Å². The van der Waals surface area contributed by atoms with E-state index in [1.165, 1.54) is 26.7 Å². The molecule has 0 radical (unpaired) electrons. The van der Waals surface area contributed by atoms with Crippen LogP contribution in [0.15, 0.2) is 115 Å². The third-order valence-electron chi connectivity index (χ3n) is 5.53. The van der Waals surface area contributed by atoms with Crippen LogP contribution in [0.1, 0.15) is 16.7 Å². The molecule has 1 heterocycles. The number of hydrogen-bond donors (Lipinski definition) is 0. The van der Waals surface area contributed by atoms with Crippen LogP contribution in [0.3, 0.4) is 0 Å². The Kier molecular flexibility index (Phi) is 4.48. The Morgan fingerprint density at radius 1 is 0.552 bits per heavy atom. The summed E-state index contributed by atoms with van der Waals surface area (Å²) in [6.07, 6.45) is 2.36. The van der Waals surface area contributed by atoms with Crippen LogP contribution in [0, 0.1) is 11.5 Å². The first-order valence-corrected chi connectivity index (χ1v) is 11.9. The van der Waals surface area contributed by atoms with Gasteiger partial charge in [-0.15, -0.1) is 5.54 Å². The summed E-state index contributed by atoms with van der Waals surface area (Å²) in [5.74, 6) is 3.54. The van der Waals surface area contributed by atoms with E-state index in [0.717, 1.165) is 5.56 Å². The van der Waals surface area contributed by atoms with Gasteiger partial charge in [0.25, 0.3) is 0 Å². The quantitative estimate of drug-likeness (QED) is 0.339. The molecule has 0 saturated carbocycles. The summed E-state index contributed by atoms with van der Waals surface area (Å²) in [6, 6.07) is 40.7. The van der Waals surface area contributed by atoms with E-state index in [-0.39, 0.29) is 0 Å². The molecule has 0 N–H and O–H groups in total. The second-order valence-electron chi connectivity index (χ2n) is 7.24. The van der Waals surface area contributed by atoms with Crippen LogP contribution < -0.4 is 10.4 Å². The third kappa shape index (κ3) is 3.04. The zero-order chi connectivity index (χ0) is 19.5. The molecular formula is C28H20Si. The van der Waals surface area contributed by atoms with E-state index in [1.807, 2.05) is 6.07 Å². The molecule has 0 aromatic heterocycles. The number of hydrogen-bond acceptors (Lipinski definition) is 0. The summed E-state index contributed by atoms with van der Waals surface area (Å²) < 4.78 is 0. The fourth-order valence-corrected chi connectivity index (χ4v) is 8.44. The Bertz CT molecular complexity index is 1230. The third-order valence-corrected chi connectivity index (χ3v) is 9.73. The summed E-state index contributed by atoms with van der Waals surface area (Å²) in [6.45, 7) is 0. The molecule has 4 aromatic carbocycles. The second-order valence-corrected chi connectivity index (χ2v) is 10.6. The normalized spacial score (nSPS) is 17.0. The van der Waals surface area contributed by atoms with Gasteiger partial charge in [0.2, 0.25) is 8.07 Å². The van der Waals surface area contributed by atoms with Gasteiger partial charge in [-0.2, -0.15) is 0 Å². The Hall–Kier alpha value is -3.60. The predicted molar refractivity (Wildman–Crippen MR) is 126 cm³/mol. The van der Waals surface area contributed by atoms with Gasteiger partial charge in [0.1, 0.15) is 0 Å². The number of benzene rings is 4. The number of rotatable bonds is 2. The maximum atomic E-state index is 3.85. The molecule has 1 heteroatoms. The van der Waals surface area contributed by atoms with E-state index in [1.54, 1.807) is 0 Å². The first kappa shape index (κ1) is 17.5. The molecule has 29 heavy (non-hydrogen) atoms. The molecule has 0 amide bonds. The largest absolute Gasteiger partial charge is 0.231 e. The van der Waals surface area contributed by atoms with Crippen LogP contribution >= 0.6 is 0 Å². The predicted octanol–water partition coefficient (Wildman–Crippen LogP) is 4.93. The van der Waals surface area contributed by atoms with Gasteiger partial charge in [-0.3, -0.25) is 0 Å². The first-order chi connectivity index (χ1) is 14.4. The molecule has 0 saturated heterocycles. The van der Waals surface area contributed by atoms with Crippen molar-refractivity contribution in [2.45, 2.75) is 0 Å². The molecule has 136 valence electrons. The van der Waals surface area contributed by atoms with Crippen molar-refractivity contribution in [3.05, 3.63) is 132 Å². The zero-order valence-electron chi connectivity index (χ0n) is 16.0. The minimum absolute atomic E-state index is 1.06. The highest BCUT2D eigenvalue weighted by Gasteiger charge is 2.45. The molecule has 5 rings (SSSR count). The van der Waals surface area contributed by atoms with Gasteiger partial charge in [0.15, 0.2) is 0 Å². The van der Waals surface area contributed by atoms with Gasteiger partial charge < -0.3 is 0 Å². The summed E-state index contributed by atoms with van der Waals surface area (Å²) in [7, 11) is -2.48. The molecule has 0 nitrogen and oxygen atoms in total. The van der Waals surface area contributed by atoms with E-state index in [4.69, 9.17) is 0 Å². The van der Waals surface area contributed by atoms with Crippen LogP contribution in [0.4, 0.5) is 0 Å². The summed E-state index contributed by atoms with van der Waals surface area (Å²) in [5, 5.41) is 4.09. The lowest BCUT2D eigenvalue weighted by Crippen LogP contribution is -2.57. The SMILES string of the molecule is C(#C[Si]1(c2ccccc2)C(c2ccccc2)=Cc2ccccc21)c1ccccc1. The summed E-state index contributed by atoms with van der Waals surface area (Å²) >= 11 is 0. The van der Waals surface area contributed by atoms with Gasteiger partial charge in [0, 0.05) is 5.56 Å². The lowest BCUT2D eigenvalue weighted by atomic mass is 10.1. The maximum Gasteiger partial charge on any atom is 0.231 e. The van der Waals surface area contributed by atoms with Gasteiger partial charge >= 0.3 is 0 Å². The average Bonchev–Trinajstić information content (AvgIpc) is 3.15. The molecule has 1 aliphatic heterocycles. The highest BCUT2D eigenvalue weighted by Crippen LogP contribution is 2.33. The number of fused-ring (bicyclic) bond motifs is 1. The Morgan fingerprint density at radius 2 is 1.14 bits per heavy atom. The minimum atomic E-state index is -2.48. The van der Waals surface area contributed by atoms with Crippen molar-refractivity contribution in [1.29, 1.82) is 0 Å². The average molecular weight is 385 g/mol. The van der Waals surface area contributed by atoms with E-state index in [0.29, 0.717) is 0 Å². The molecule has 1 unspecified atom stereocenters. The Balaban J connectivity index is 1.82. The van der Waals surface area contributed by atoms with Crippen LogP contribution in [-0.2, 0) is 0 Å². The molecule has 1 aliphatic rings. The standard InChI is InChI=1S/C28H20Si/c1-4-12-23(13-5-1)20-21-29(26-17-8-3-9-18-26)27-19-11-10-16-25(27)22-28(29)24-14-6-2-7-15-24/h1-19,22H. The van der Waals surface area contributed by atoms with Crippen molar-refractivity contribution < 1.29 is 0 Å². The van der Waals surface area contributed by atoms with E-state index < -0.39 is 8.07 Å². The first-order valence-electron chi connectivity index (χ1n) is 9.89. The molecular weight excluding hydrogens is 364 g/mol. The van der Waals surface area contributed by atoms with E-state index in [9.17, 15) is 0 Å². The van der Waals surface area contributed by atoms with Crippen molar-refractivity contribution in [3.63, 3.8) is 0 Å². The van der Waals surface area contributed by atoms with Crippen molar-refractivity contribution in [2.75, 3.05) is 0 Å². The Labute approximate surface area is 173 Å². The smallest absolute Gasteiger partial charge is 0.109 e. The fourth-order valence-electron chi connectivity index (χ4n) is 4.18. The van der Waals surface area contributed by atoms with E-state index >= 15 is 0 Å². The monoisotopic (exact) mass is 384 g/mol. The highest BCUT2D eigenvalue weighted by molar-refractivity contribution is 7.22. The van der Waals surface area contributed by atoms with Crippen molar-refractivity contribution in [3.8, 4) is 11.5 Å². The van der Waals surface area contributed by atoms with Gasteiger partial charge in [0.05, 0.1) is 0 Å². The van der Waals surface area contributed by atoms with Crippen molar-refractivity contribution in [1.82, 2.24) is 0 Å². The molecule has 4 aromatic rings. The van der Waals surface area contributed by atoms with Crippen LogP contribution in [0.2, 0.25) is 0 Å². The summed E-state index contributed by atoms with van der Waals surface area (Å²) in [4.78, 5) is 0.